The summed E-state index contributed by atoms with van der Waals surface area (Å²) in [7, 11) is -1.28. The molecule has 1 aromatic heterocycles. The molecule has 1 aromatic rings. The lowest BCUT2D eigenvalue weighted by molar-refractivity contribution is 0.182. The molecule has 1 atom stereocenters. The van der Waals surface area contributed by atoms with Crippen LogP contribution in [0, 0.1) is 13.8 Å². The van der Waals surface area contributed by atoms with Crippen LogP contribution in [0.2, 0.25) is 0 Å². The second-order valence-electron chi connectivity index (χ2n) is 6.52. The van der Waals surface area contributed by atoms with Crippen LogP contribution in [0.1, 0.15) is 37.2 Å². The molecule has 26 heavy (non-hydrogen) atoms. The van der Waals surface area contributed by atoms with Gasteiger partial charge in [0.25, 0.3) is 0 Å². The molecule has 0 radical (unpaired) electrons. The van der Waals surface area contributed by atoms with E-state index in [-0.39, 0.29) is 11.8 Å². The highest BCUT2D eigenvalue weighted by Gasteiger charge is 2.13. The lowest BCUT2D eigenvalue weighted by Gasteiger charge is -2.17. The smallest absolute Gasteiger partial charge is 0.191 e. The number of hydrogen-bond acceptors (Lipinski definition) is 5. The normalized spacial score (nSPS) is 13.7. The number of guanidine groups is 1. The predicted octanol–water partition coefficient (Wildman–Crippen LogP) is 1.02. The zero-order chi connectivity index (χ0) is 19.7. The van der Waals surface area contributed by atoms with Crippen molar-refractivity contribution in [2.75, 3.05) is 32.3 Å². The molecule has 150 valence electrons. The first-order valence-corrected chi connectivity index (χ1v) is 11.0. The lowest BCUT2D eigenvalue weighted by atomic mass is 10.2. The van der Waals surface area contributed by atoms with Gasteiger partial charge in [-0.05, 0) is 34.1 Å². The Balaban J connectivity index is 2.78. The molecule has 0 amide bonds. The molecule has 0 saturated heterocycles. The van der Waals surface area contributed by atoms with Crippen LogP contribution in [0.25, 0.3) is 0 Å². The highest BCUT2D eigenvalue weighted by atomic mass is 32.2. The Morgan fingerprint density at radius 1 is 1.38 bits per heavy atom. The minimum Gasteiger partial charge on any atom is -0.383 e. The largest absolute Gasteiger partial charge is 0.383 e. The van der Waals surface area contributed by atoms with Gasteiger partial charge < -0.3 is 15.4 Å². The number of ether oxygens (including phenoxy) is 1. The lowest BCUT2D eigenvalue weighted by Crippen LogP contribution is -2.42. The average Bonchev–Trinajstić information content (AvgIpc) is 2.82. The van der Waals surface area contributed by atoms with Crippen molar-refractivity contribution in [1.29, 1.82) is 0 Å². The van der Waals surface area contributed by atoms with Gasteiger partial charge in [0.1, 0.15) is 9.84 Å². The Labute approximate surface area is 157 Å². The molecule has 0 aliphatic carbocycles. The summed E-state index contributed by atoms with van der Waals surface area (Å²) in [5, 5.41) is 11.0. The first kappa shape index (κ1) is 22.4. The molecule has 0 fully saturated rings. The summed E-state index contributed by atoms with van der Waals surface area (Å²) in [5.74, 6) is 0.836. The number of nitrogens with one attached hydrogen (secondary N) is 2. The molecule has 1 rings (SSSR count). The number of nitrogens with zero attached hydrogens (tertiary/aromatic N) is 3. The fourth-order valence-electron chi connectivity index (χ4n) is 2.53. The monoisotopic (exact) mass is 387 g/mol. The van der Waals surface area contributed by atoms with Crippen molar-refractivity contribution in [2.45, 2.75) is 53.2 Å². The maximum absolute atomic E-state index is 11.3. The van der Waals surface area contributed by atoms with E-state index in [9.17, 15) is 8.42 Å². The van der Waals surface area contributed by atoms with E-state index < -0.39 is 9.84 Å². The van der Waals surface area contributed by atoms with Gasteiger partial charge in [0.2, 0.25) is 0 Å². The Kier molecular flexibility index (Phi) is 9.07. The van der Waals surface area contributed by atoms with E-state index in [0.717, 1.165) is 23.5 Å². The number of aliphatic imine (C=N–C) groups is 1. The fraction of sp³-hybridized carbons (Fsp3) is 0.765. The summed E-state index contributed by atoms with van der Waals surface area (Å²) < 4.78 is 29.7. The van der Waals surface area contributed by atoms with Crippen LogP contribution in [0.15, 0.2) is 4.99 Å². The summed E-state index contributed by atoms with van der Waals surface area (Å²) in [6.07, 6.45) is 1.79. The average molecular weight is 388 g/mol. The summed E-state index contributed by atoms with van der Waals surface area (Å²) in [6.45, 7) is 10.6. The van der Waals surface area contributed by atoms with Crippen LogP contribution >= 0.6 is 0 Å². The Morgan fingerprint density at radius 3 is 2.65 bits per heavy atom. The topological polar surface area (TPSA) is 97.6 Å². The minimum atomic E-state index is -2.96. The molecule has 0 spiro atoms. The first-order valence-electron chi connectivity index (χ1n) is 8.92. The van der Waals surface area contributed by atoms with E-state index in [4.69, 9.17) is 4.74 Å². The minimum absolute atomic E-state index is 0.00847. The highest BCUT2D eigenvalue weighted by Crippen LogP contribution is 2.14. The maximum atomic E-state index is 11.3. The van der Waals surface area contributed by atoms with E-state index in [2.05, 4.69) is 20.7 Å². The standard InChI is InChI=1S/C17H33N5O3S/c1-7-18-17(20-13(2)8-11-26(6,23)24)19-12-16-14(3)21-22(15(16)4)9-10-25-5/h13H,7-12H2,1-6H3,(H2,18,19,20). The van der Waals surface area contributed by atoms with Gasteiger partial charge in [0.05, 0.1) is 31.1 Å². The van der Waals surface area contributed by atoms with Crippen molar-refractivity contribution in [3.05, 3.63) is 17.0 Å². The van der Waals surface area contributed by atoms with Crippen LogP contribution in [-0.4, -0.2) is 62.5 Å². The summed E-state index contributed by atoms with van der Waals surface area (Å²) >= 11 is 0. The number of rotatable bonds is 10. The van der Waals surface area contributed by atoms with E-state index in [1.165, 1.54) is 6.26 Å². The SMILES string of the molecule is CCNC(=NCc1c(C)nn(CCOC)c1C)NC(C)CCS(C)(=O)=O. The molecule has 0 aliphatic rings. The van der Waals surface area contributed by atoms with E-state index in [1.54, 1.807) is 7.11 Å². The molecular weight excluding hydrogens is 354 g/mol. The molecule has 0 bridgehead atoms. The second-order valence-corrected chi connectivity index (χ2v) is 8.78. The summed E-state index contributed by atoms with van der Waals surface area (Å²) in [4.78, 5) is 4.64. The number of aryl methyl sites for hydroxylation is 1. The van der Waals surface area contributed by atoms with Gasteiger partial charge >= 0.3 is 0 Å². The second kappa shape index (κ2) is 10.5. The van der Waals surface area contributed by atoms with Gasteiger partial charge in [-0.1, -0.05) is 0 Å². The van der Waals surface area contributed by atoms with Crippen LogP contribution < -0.4 is 10.6 Å². The van der Waals surface area contributed by atoms with Gasteiger partial charge in [0, 0.05) is 37.2 Å². The van der Waals surface area contributed by atoms with Gasteiger partial charge in [-0.15, -0.1) is 0 Å². The van der Waals surface area contributed by atoms with Gasteiger partial charge in [0.15, 0.2) is 5.96 Å². The zero-order valence-electron chi connectivity index (χ0n) is 16.8. The molecular formula is C17H33N5O3S. The number of methoxy groups -OCH3 is 1. The molecule has 1 heterocycles. The van der Waals surface area contributed by atoms with Crippen LogP contribution in [0.3, 0.4) is 0 Å². The van der Waals surface area contributed by atoms with Crippen molar-refractivity contribution in [3.8, 4) is 0 Å². The quantitative estimate of drug-likeness (QED) is 0.460. The third-order valence-corrected chi connectivity index (χ3v) is 5.06. The number of hydrogen-bond donors (Lipinski definition) is 2. The summed E-state index contributed by atoms with van der Waals surface area (Å²) in [6, 6.07) is 0.00847. The van der Waals surface area contributed by atoms with Crippen LogP contribution in [-0.2, 0) is 27.7 Å². The maximum Gasteiger partial charge on any atom is 0.191 e. The number of sulfone groups is 1. The molecule has 0 aliphatic heterocycles. The van der Waals surface area contributed by atoms with Gasteiger partial charge in [-0.2, -0.15) is 5.10 Å². The van der Waals surface area contributed by atoms with Crippen LogP contribution in [0.5, 0.6) is 0 Å². The molecule has 0 saturated carbocycles. The van der Waals surface area contributed by atoms with E-state index >= 15 is 0 Å². The third kappa shape index (κ3) is 7.74. The Hall–Kier alpha value is -1.61. The molecule has 8 nitrogen and oxygen atoms in total. The van der Waals surface area contributed by atoms with Crippen molar-refractivity contribution >= 4 is 15.8 Å². The highest BCUT2D eigenvalue weighted by molar-refractivity contribution is 7.90. The van der Waals surface area contributed by atoms with Crippen LogP contribution in [0.4, 0.5) is 0 Å². The fourth-order valence-corrected chi connectivity index (χ4v) is 3.31. The predicted molar refractivity (Wildman–Crippen MR) is 105 cm³/mol. The van der Waals surface area contributed by atoms with Crippen molar-refractivity contribution < 1.29 is 13.2 Å². The molecule has 0 aromatic carbocycles. The van der Waals surface area contributed by atoms with Crippen molar-refractivity contribution in [2.24, 2.45) is 4.99 Å². The number of aromatic nitrogens is 2. The van der Waals surface area contributed by atoms with Crippen molar-refractivity contribution in [1.82, 2.24) is 20.4 Å². The zero-order valence-corrected chi connectivity index (χ0v) is 17.6. The first-order chi connectivity index (χ1) is 12.2. The van der Waals surface area contributed by atoms with Crippen molar-refractivity contribution in [3.63, 3.8) is 0 Å². The summed E-state index contributed by atoms with van der Waals surface area (Å²) in [5.41, 5.74) is 3.15. The Morgan fingerprint density at radius 2 is 2.08 bits per heavy atom. The van der Waals surface area contributed by atoms with Gasteiger partial charge in [-0.3, -0.25) is 4.68 Å². The molecule has 9 heteroatoms. The Bertz CT molecular complexity index is 697. The third-order valence-electron chi connectivity index (χ3n) is 4.08. The van der Waals surface area contributed by atoms with Gasteiger partial charge in [-0.25, -0.2) is 13.4 Å². The molecule has 2 N–H and O–H groups in total. The van der Waals surface area contributed by atoms with E-state index in [0.29, 0.717) is 32.1 Å². The van der Waals surface area contributed by atoms with E-state index in [1.807, 2.05) is 32.4 Å². The molecule has 1 unspecified atom stereocenters.